The van der Waals surface area contributed by atoms with Crippen LogP contribution in [0.15, 0.2) is 47.4 Å². The van der Waals surface area contributed by atoms with Gasteiger partial charge in [0.25, 0.3) is 10.0 Å². The predicted molar refractivity (Wildman–Crippen MR) is 123 cm³/mol. The summed E-state index contributed by atoms with van der Waals surface area (Å²) in [5, 5.41) is 6.98. The number of sulfonamides is 1. The fourth-order valence-corrected chi connectivity index (χ4v) is 5.05. The van der Waals surface area contributed by atoms with E-state index in [1.165, 1.54) is 29.8 Å². The number of rotatable bonds is 5. The van der Waals surface area contributed by atoms with Gasteiger partial charge in [0.2, 0.25) is 11.8 Å². The second kappa shape index (κ2) is 8.28. The van der Waals surface area contributed by atoms with Crippen LogP contribution >= 0.6 is 0 Å². The lowest BCUT2D eigenvalue weighted by molar-refractivity contribution is -0.116. The number of carbonyl (C=O) groups excluding carboxylic acids is 3. The molecule has 0 atom stereocenters. The van der Waals surface area contributed by atoms with Crippen molar-refractivity contribution in [3.05, 3.63) is 59.3 Å². The Labute approximate surface area is 190 Å². The molecule has 170 valence electrons. The van der Waals surface area contributed by atoms with Gasteiger partial charge in [-0.1, -0.05) is 12.1 Å². The molecule has 2 heterocycles. The number of aromatic nitrogens is 2. The van der Waals surface area contributed by atoms with Gasteiger partial charge in [0.05, 0.1) is 10.6 Å². The molecule has 0 saturated heterocycles. The zero-order valence-corrected chi connectivity index (χ0v) is 19.1. The number of amides is 1. The van der Waals surface area contributed by atoms with Gasteiger partial charge in [0, 0.05) is 29.7 Å². The van der Waals surface area contributed by atoms with Gasteiger partial charge in [-0.25, -0.2) is 8.42 Å². The SMILES string of the molecule is CC(=O)c1ccc(NS(=O)(=O)c2cc(-c3c(C)nn4c3NC(=O)CCC4=O)ccc2C)cc1. The van der Waals surface area contributed by atoms with Crippen LogP contribution in [-0.4, -0.2) is 35.8 Å². The Kier molecular flexibility index (Phi) is 5.62. The molecule has 2 aromatic carbocycles. The molecular weight excluding hydrogens is 444 g/mol. The van der Waals surface area contributed by atoms with E-state index in [1.807, 2.05) is 0 Å². The van der Waals surface area contributed by atoms with Crippen LogP contribution < -0.4 is 10.0 Å². The van der Waals surface area contributed by atoms with Gasteiger partial charge in [-0.3, -0.25) is 19.1 Å². The molecule has 0 aliphatic carbocycles. The molecule has 1 amide bonds. The number of nitrogens with one attached hydrogen (secondary N) is 2. The molecule has 0 radical (unpaired) electrons. The summed E-state index contributed by atoms with van der Waals surface area (Å²) in [6.45, 7) is 4.80. The lowest BCUT2D eigenvalue weighted by Crippen LogP contribution is -2.15. The van der Waals surface area contributed by atoms with Crippen LogP contribution in [0.25, 0.3) is 11.1 Å². The quantitative estimate of drug-likeness (QED) is 0.554. The molecule has 0 unspecified atom stereocenters. The first-order chi connectivity index (χ1) is 15.6. The van der Waals surface area contributed by atoms with E-state index in [-0.39, 0.29) is 41.2 Å². The van der Waals surface area contributed by atoms with E-state index in [0.29, 0.717) is 33.6 Å². The minimum absolute atomic E-state index is 0.0409. The third kappa shape index (κ3) is 4.29. The molecule has 1 aromatic heterocycles. The van der Waals surface area contributed by atoms with Crippen molar-refractivity contribution in [1.29, 1.82) is 0 Å². The Morgan fingerprint density at radius 2 is 1.76 bits per heavy atom. The average molecular weight is 467 g/mol. The van der Waals surface area contributed by atoms with Gasteiger partial charge in [-0.05, 0) is 62.2 Å². The second-order valence-corrected chi connectivity index (χ2v) is 9.53. The number of ketones is 1. The lowest BCUT2D eigenvalue weighted by Gasteiger charge is -2.13. The first-order valence-electron chi connectivity index (χ1n) is 10.2. The largest absolute Gasteiger partial charge is 0.310 e. The zero-order valence-electron chi connectivity index (χ0n) is 18.3. The molecule has 0 fully saturated rings. The highest BCUT2D eigenvalue weighted by Crippen LogP contribution is 2.35. The van der Waals surface area contributed by atoms with Gasteiger partial charge in [-0.2, -0.15) is 9.78 Å². The molecule has 0 saturated carbocycles. The van der Waals surface area contributed by atoms with Crippen molar-refractivity contribution < 1.29 is 22.8 Å². The van der Waals surface area contributed by atoms with Crippen molar-refractivity contribution in [3.63, 3.8) is 0 Å². The Morgan fingerprint density at radius 3 is 2.42 bits per heavy atom. The molecule has 3 aromatic rings. The van der Waals surface area contributed by atoms with Crippen LogP contribution in [0.3, 0.4) is 0 Å². The van der Waals surface area contributed by atoms with Crippen LogP contribution in [0, 0.1) is 13.8 Å². The van der Waals surface area contributed by atoms with E-state index in [0.717, 1.165) is 0 Å². The standard InChI is InChI=1S/C23H22N4O5S/c1-13-4-5-17(22-14(2)25-27-21(30)11-10-20(29)24-23(22)27)12-19(13)33(31,32)26-18-8-6-16(7-9-18)15(3)28/h4-9,12,26H,10-11H2,1-3H3,(H,24,29). The highest BCUT2D eigenvalue weighted by Gasteiger charge is 2.27. The molecule has 9 nitrogen and oxygen atoms in total. The minimum atomic E-state index is -3.97. The van der Waals surface area contributed by atoms with Gasteiger partial charge < -0.3 is 5.32 Å². The number of Topliss-reactive ketones (excluding diaryl/α,β-unsaturated/α-hetero) is 1. The number of anilines is 2. The molecular formula is C23H22N4O5S. The highest BCUT2D eigenvalue weighted by atomic mass is 32.2. The third-order valence-electron chi connectivity index (χ3n) is 5.43. The van der Waals surface area contributed by atoms with Crippen molar-refractivity contribution in [2.24, 2.45) is 0 Å². The third-order valence-corrected chi connectivity index (χ3v) is 6.95. The van der Waals surface area contributed by atoms with E-state index < -0.39 is 10.0 Å². The number of hydrogen-bond acceptors (Lipinski definition) is 6. The Morgan fingerprint density at radius 1 is 1.06 bits per heavy atom. The second-order valence-electron chi connectivity index (χ2n) is 7.88. The minimum Gasteiger partial charge on any atom is -0.310 e. The summed E-state index contributed by atoms with van der Waals surface area (Å²) in [7, 11) is -3.97. The summed E-state index contributed by atoms with van der Waals surface area (Å²) < 4.78 is 30.0. The maximum absolute atomic E-state index is 13.2. The van der Waals surface area contributed by atoms with E-state index in [4.69, 9.17) is 0 Å². The average Bonchev–Trinajstić information content (AvgIpc) is 3.01. The number of nitrogens with zero attached hydrogens (tertiary/aromatic N) is 2. The molecule has 0 bridgehead atoms. The van der Waals surface area contributed by atoms with Crippen molar-refractivity contribution >= 4 is 39.1 Å². The van der Waals surface area contributed by atoms with Gasteiger partial charge in [0.15, 0.2) is 5.78 Å². The molecule has 1 aliphatic heterocycles. The van der Waals surface area contributed by atoms with Crippen LogP contribution in [0.2, 0.25) is 0 Å². The molecule has 4 rings (SSSR count). The first kappa shape index (κ1) is 22.4. The van der Waals surface area contributed by atoms with E-state index in [9.17, 15) is 22.8 Å². The molecule has 33 heavy (non-hydrogen) atoms. The van der Waals surface area contributed by atoms with Crippen molar-refractivity contribution in [1.82, 2.24) is 9.78 Å². The normalized spacial score (nSPS) is 13.8. The van der Waals surface area contributed by atoms with Crippen LogP contribution in [0.1, 0.15) is 46.2 Å². The molecule has 0 spiro atoms. The zero-order chi connectivity index (χ0) is 23.9. The fraction of sp³-hybridized carbons (Fsp3) is 0.217. The maximum Gasteiger partial charge on any atom is 0.262 e. The van der Waals surface area contributed by atoms with Crippen molar-refractivity contribution in [2.45, 2.75) is 38.5 Å². The summed E-state index contributed by atoms with van der Waals surface area (Å²) in [6.07, 6.45) is 0.0970. The van der Waals surface area contributed by atoms with E-state index in [2.05, 4.69) is 15.1 Å². The van der Waals surface area contributed by atoms with Gasteiger partial charge in [0.1, 0.15) is 5.82 Å². The predicted octanol–water partition coefficient (Wildman–Crippen LogP) is 3.54. The van der Waals surface area contributed by atoms with E-state index in [1.54, 1.807) is 38.1 Å². The van der Waals surface area contributed by atoms with Crippen LogP contribution in [0.4, 0.5) is 11.5 Å². The molecule has 10 heteroatoms. The summed E-state index contributed by atoms with van der Waals surface area (Å²) >= 11 is 0. The Bertz CT molecular complexity index is 1410. The number of aryl methyl sites for hydroxylation is 2. The molecule has 2 N–H and O–H groups in total. The fourth-order valence-electron chi connectivity index (χ4n) is 3.72. The van der Waals surface area contributed by atoms with E-state index >= 15 is 0 Å². The number of carbonyl (C=O) groups is 3. The first-order valence-corrected chi connectivity index (χ1v) is 11.7. The number of benzene rings is 2. The Hall–Kier alpha value is -3.79. The maximum atomic E-state index is 13.2. The summed E-state index contributed by atoms with van der Waals surface area (Å²) in [4.78, 5) is 36.0. The highest BCUT2D eigenvalue weighted by molar-refractivity contribution is 7.92. The van der Waals surface area contributed by atoms with Crippen LogP contribution in [-0.2, 0) is 14.8 Å². The van der Waals surface area contributed by atoms with Crippen LogP contribution in [0.5, 0.6) is 0 Å². The topological polar surface area (TPSA) is 127 Å². The smallest absolute Gasteiger partial charge is 0.262 e. The van der Waals surface area contributed by atoms with Gasteiger partial charge in [-0.15, -0.1) is 0 Å². The molecule has 1 aliphatic rings. The van der Waals surface area contributed by atoms with Crippen molar-refractivity contribution in [2.75, 3.05) is 10.0 Å². The monoisotopic (exact) mass is 466 g/mol. The van der Waals surface area contributed by atoms with Gasteiger partial charge >= 0.3 is 0 Å². The summed E-state index contributed by atoms with van der Waals surface area (Å²) in [6, 6.07) is 11.0. The summed E-state index contributed by atoms with van der Waals surface area (Å²) in [5.74, 6) is -0.499. The number of fused-ring (bicyclic) bond motifs is 1. The summed E-state index contributed by atoms with van der Waals surface area (Å²) in [5.41, 5.74) is 2.79. The van der Waals surface area contributed by atoms with Crippen molar-refractivity contribution in [3.8, 4) is 11.1 Å². The Balaban J connectivity index is 1.75. The lowest BCUT2D eigenvalue weighted by atomic mass is 10.0. The number of hydrogen-bond donors (Lipinski definition) is 2.